The van der Waals surface area contributed by atoms with Gasteiger partial charge in [-0.05, 0) is 42.8 Å². The summed E-state index contributed by atoms with van der Waals surface area (Å²) in [5.74, 6) is 0.0617. The molecule has 39 heavy (non-hydrogen) atoms. The van der Waals surface area contributed by atoms with Gasteiger partial charge in [0, 0.05) is 35.3 Å². The average molecular weight is 557 g/mol. The van der Waals surface area contributed by atoms with Crippen LogP contribution in [0.5, 0.6) is 11.5 Å². The van der Waals surface area contributed by atoms with Crippen molar-refractivity contribution >= 4 is 21.6 Å². The number of halogens is 1. The van der Waals surface area contributed by atoms with E-state index in [0.29, 0.717) is 29.2 Å². The topological polar surface area (TPSA) is 123 Å². The second-order valence-electron chi connectivity index (χ2n) is 9.51. The third-order valence-electron chi connectivity index (χ3n) is 6.95. The largest absolute Gasteiger partial charge is 0.497 e. The summed E-state index contributed by atoms with van der Waals surface area (Å²) in [6.45, 7) is -0.256. The Morgan fingerprint density at radius 2 is 1.95 bits per heavy atom. The van der Waals surface area contributed by atoms with Crippen molar-refractivity contribution in [3.8, 4) is 11.5 Å². The van der Waals surface area contributed by atoms with Crippen LogP contribution >= 0.6 is 0 Å². The molecule has 2 heterocycles. The maximum Gasteiger partial charge on any atom is 0.262 e. The number of aliphatic hydroxyl groups is 1. The fourth-order valence-electron chi connectivity index (χ4n) is 5.05. The first kappa shape index (κ1) is 26.9. The minimum atomic E-state index is -3.88. The summed E-state index contributed by atoms with van der Waals surface area (Å²) in [5.41, 5.74) is 1.50. The SMILES string of the molecule is COc1cccc(S(=O)(=O)Nc2ccc3c(c2)[C@H]2C[C@@H](CC(=O)NCc4ccccc4F)O[C@@H](CO)[C@H]2O3)c1. The van der Waals surface area contributed by atoms with Gasteiger partial charge >= 0.3 is 0 Å². The number of amides is 1. The van der Waals surface area contributed by atoms with E-state index in [1.54, 1.807) is 48.5 Å². The molecule has 0 radical (unpaired) electrons. The number of sulfonamides is 1. The third kappa shape index (κ3) is 5.85. The number of hydrogen-bond acceptors (Lipinski definition) is 7. The molecule has 5 rings (SSSR count). The van der Waals surface area contributed by atoms with Gasteiger partial charge in [-0.1, -0.05) is 24.3 Å². The number of hydrogen-bond donors (Lipinski definition) is 3. The Balaban J connectivity index is 1.29. The zero-order chi connectivity index (χ0) is 27.6. The fourth-order valence-corrected chi connectivity index (χ4v) is 6.13. The van der Waals surface area contributed by atoms with E-state index in [-0.39, 0.29) is 36.3 Å². The van der Waals surface area contributed by atoms with Crippen molar-refractivity contribution in [1.82, 2.24) is 5.32 Å². The number of ether oxygens (including phenoxy) is 3. The summed E-state index contributed by atoms with van der Waals surface area (Å²) >= 11 is 0. The molecule has 11 heteroatoms. The lowest BCUT2D eigenvalue weighted by Crippen LogP contribution is -2.47. The lowest BCUT2D eigenvalue weighted by molar-refractivity contribution is -0.142. The molecule has 3 N–H and O–H groups in total. The quantitative estimate of drug-likeness (QED) is 0.370. The van der Waals surface area contributed by atoms with E-state index in [2.05, 4.69) is 10.0 Å². The maximum absolute atomic E-state index is 13.9. The van der Waals surface area contributed by atoms with Crippen LogP contribution in [0.25, 0.3) is 0 Å². The van der Waals surface area contributed by atoms with Gasteiger partial charge in [-0.2, -0.15) is 0 Å². The summed E-state index contributed by atoms with van der Waals surface area (Å²) in [6, 6.07) is 17.4. The molecule has 1 saturated heterocycles. The summed E-state index contributed by atoms with van der Waals surface area (Å²) in [4.78, 5) is 12.7. The molecular formula is C28H29FN2O7S. The van der Waals surface area contributed by atoms with Gasteiger partial charge in [-0.15, -0.1) is 0 Å². The van der Waals surface area contributed by atoms with E-state index in [9.17, 15) is 22.7 Å². The monoisotopic (exact) mass is 556 g/mol. The molecule has 9 nitrogen and oxygen atoms in total. The van der Waals surface area contributed by atoms with Gasteiger partial charge in [0.15, 0.2) is 0 Å². The predicted octanol–water partition coefficient (Wildman–Crippen LogP) is 3.34. The predicted molar refractivity (Wildman–Crippen MR) is 141 cm³/mol. The van der Waals surface area contributed by atoms with Crippen LogP contribution in [0.3, 0.4) is 0 Å². The van der Waals surface area contributed by atoms with Crippen LogP contribution in [0, 0.1) is 5.82 Å². The van der Waals surface area contributed by atoms with Gasteiger partial charge < -0.3 is 24.6 Å². The number of carbonyl (C=O) groups excluding carboxylic acids is 1. The van der Waals surface area contributed by atoms with Crippen molar-refractivity contribution in [1.29, 1.82) is 0 Å². The highest BCUT2D eigenvalue weighted by Gasteiger charge is 2.46. The third-order valence-corrected chi connectivity index (χ3v) is 8.33. The van der Waals surface area contributed by atoms with E-state index < -0.39 is 34.2 Å². The molecule has 0 bridgehead atoms. The van der Waals surface area contributed by atoms with Gasteiger partial charge in [0.1, 0.15) is 29.5 Å². The van der Waals surface area contributed by atoms with Crippen LogP contribution in [0.1, 0.15) is 29.9 Å². The number of carbonyl (C=O) groups is 1. The highest BCUT2D eigenvalue weighted by atomic mass is 32.2. The number of benzene rings is 3. The van der Waals surface area contributed by atoms with Gasteiger partial charge in [-0.25, -0.2) is 12.8 Å². The van der Waals surface area contributed by atoms with Crippen LogP contribution in [0.2, 0.25) is 0 Å². The molecule has 3 aromatic carbocycles. The Morgan fingerprint density at radius 1 is 1.13 bits per heavy atom. The summed E-state index contributed by atoms with van der Waals surface area (Å²) in [5, 5.41) is 12.7. The van der Waals surface area contributed by atoms with Crippen molar-refractivity contribution in [2.75, 3.05) is 18.4 Å². The van der Waals surface area contributed by atoms with E-state index >= 15 is 0 Å². The van der Waals surface area contributed by atoms with Crippen LogP contribution in [-0.4, -0.2) is 51.5 Å². The van der Waals surface area contributed by atoms with Crippen LogP contribution in [-0.2, 0) is 26.1 Å². The molecule has 0 aliphatic carbocycles. The molecule has 0 saturated carbocycles. The van der Waals surface area contributed by atoms with E-state index in [1.165, 1.54) is 25.3 Å². The first-order valence-corrected chi connectivity index (χ1v) is 14.0. The first-order valence-electron chi connectivity index (χ1n) is 12.5. The van der Waals surface area contributed by atoms with E-state index in [1.807, 2.05) is 0 Å². The first-order chi connectivity index (χ1) is 18.8. The Hall–Kier alpha value is -3.67. The van der Waals surface area contributed by atoms with E-state index in [0.717, 1.165) is 5.56 Å². The average Bonchev–Trinajstić information content (AvgIpc) is 3.30. The fraction of sp³-hybridized carbons (Fsp3) is 0.321. The molecule has 3 aromatic rings. The van der Waals surface area contributed by atoms with Crippen molar-refractivity contribution in [3.63, 3.8) is 0 Å². The molecule has 0 unspecified atom stereocenters. The summed E-state index contributed by atoms with van der Waals surface area (Å²) in [7, 11) is -2.42. The van der Waals surface area contributed by atoms with Gasteiger partial charge in [0.2, 0.25) is 5.91 Å². The van der Waals surface area contributed by atoms with Gasteiger partial charge in [0.05, 0.1) is 31.1 Å². The van der Waals surface area contributed by atoms with Crippen molar-refractivity contribution < 1.29 is 36.9 Å². The molecular weight excluding hydrogens is 527 g/mol. The van der Waals surface area contributed by atoms with Gasteiger partial charge in [0.25, 0.3) is 10.0 Å². The minimum Gasteiger partial charge on any atom is -0.497 e. The van der Waals surface area contributed by atoms with Gasteiger partial charge in [-0.3, -0.25) is 9.52 Å². The standard InChI is InChI=1S/C28H29FN2O7S/c1-36-19-6-4-7-21(12-19)39(34,35)31-18-9-10-25-22(11-18)23-13-20(37-26(16-32)28(23)38-25)14-27(33)30-15-17-5-2-3-8-24(17)29/h2-12,20,23,26,28,31-32H,13-16H2,1H3,(H,30,33)/t20-,23+,26-,28-/m0/s1. The number of nitrogens with one attached hydrogen (secondary N) is 2. The summed E-state index contributed by atoms with van der Waals surface area (Å²) < 4.78 is 59.7. The lowest BCUT2D eigenvalue weighted by atomic mass is 9.84. The van der Waals surface area contributed by atoms with Crippen LogP contribution < -0.4 is 19.5 Å². The Bertz CT molecular complexity index is 1470. The molecule has 0 spiro atoms. The Kier molecular flexibility index (Phi) is 7.74. The number of aliphatic hydroxyl groups excluding tert-OH is 1. The van der Waals surface area contributed by atoms with Crippen LogP contribution in [0.4, 0.5) is 10.1 Å². The number of rotatable bonds is 9. The minimum absolute atomic E-state index is 0.0195. The molecule has 206 valence electrons. The number of methoxy groups -OCH3 is 1. The molecule has 0 aromatic heterocycles. The summed E-state index contributed by atoms with van der Waals surface area (Å²) in [6.07, 6.45) is -1.22. The smallest absolute Gasteiger partial charge is 0.262 e. The second kappa shape index (κ2) is 11.2. The van der Waals surface area contributed by atoms with Crippen LogP contribution in [0.15, 0.2) is 71.6 Å². The zero-order valence-electron chi connectivity index (χ0n) is 21.2. The highest BCUT2D eigenvalue weighted by molar-refractivity contribution is 7.92. The Morgan fingerprint density at radius 3 is 2.72 bits per heavy atom. The normalized spacial score (nSPS) is 21.8. The molecule has 2 aliphatic heterocycles. The molecule has 1 amide bonds. The lowest BCUT2D eigenvalue weighted by Gasteiger charge is -2.37. The Labute approximate surface area is 226 Å². The molecule has 4 atom stereocenters. The molecule has 1 fully saturated rings. The second-order valence-corrected chi connectivity index (χ2v) is 11.2. The van der Waals surface area contributed by atoms with Crippen molar-refractivity contribution in [2.24, 2.45) is 0 Å². The highest BCUT2D eigenvalue weighted by Crippen LogP contribution is 2.47. The number of fused-ring (bicyclic) bond motifs is 3. The van der Waals surface area contributed by atoms with E-state index in [4.69, 9.17) is 14.2 Å². The van der Waals surface area contributed by atoms with Crippen molar-refractivity contribution in [2.45, 2.75) is 48.5 Å². The molecule has 2 aliphatic rings. The van der Waals surface area contributed by atoms with Crippen molar-refractivity contribution in [3.05, 3.63) is 83.7 Å². The zero-order valence-corrected chi connectivity index (χ0v) is 22.0. The number of anilines is 1. The maximum atomic E-state index is 13.9.